The maximum absolute atomic E-state index is 5.71. The maximum atomic E-state index is 5.71. The summed E-state index contributed by atoms with van der Waals surface area (Å²) < 4.78 is 5.68. The first kappa shape index (κ1) is 14.3. The zero-order chi connectivity index (χ0) is 12.9. The van der Waals surface area contributed by atoms with Gasteiger partial charge in [0.2, 0.25) is 0 Å². The third-order valence-electron chi connectivity index (χ3n) is 2.99. The van der Waals surface area contributed by atoms with Crippen LogP contribution in [0, 0.1) is 6.92 Å². The van der Waals surface area contributed by atoms with Crippen LogP contribution in [0.15, 0.2) is 16.5 Å². The Morgan fingerprint density at radius 1 is 1.41 bits per heavy atom. The zero-order valence-corrected chi connectivity index (χ0v) is 11.5. The van der Waals surface area contributed by atoms with Gasteiger partial charge in [0.1, 0.15) is 11.5 Å². The Hall–Kier alpha value is -0.800. The van der Waals surface area contributed by atoms with Crippen molar-refractivity contribution in [2.45, 2.75) is 52.0 Å². The lowest BCUT2D eigenvalue weighted by Gasteiger charge is -2.22. The number of furan rings is 1. The van der Waals surface area contributed by atoms with Gasteiger partial charge in [0.05, 0.1) is 0 Å². The lowest BCUT2D eigenvalue weighted by atomic mass is 9.90. The standard InChI is InChI=1S/C14H26N2O/c1-11(15)6-5-9-16-10-14(3,4)13-8-7-12(2)17-13/h7-8,11,16H,5-6,9-10,15H2,1-4H3. The van der Waals surface area contributed by atoms with Crippen LogP contribution in [0.4, 0.5) is 0 Å². The molecule has 0 radical (unpaired) electrons. The second kappa shape index (κ2) is 6.22. The summed E-state index contributed by atoms with van der Waals surface area (Å²) >= 11 is 0. The van der Waals surface area contributed by atoms with Crippen LogP contribution in [0.25, 0.3) is 0 Å². The van der Waals surface area contributed by atoms with Crippen molar-refractivity contribution in [3.8, 4) is 0 Å². The molecule has 0 aromatic carbocycles. The molecule has 0 saturated carbocycles. The van der Waals surface area contributed by atoms with Crippen molar-refractivity contribution >= 4 is 0 Å². The Morgan fingerprint density at radius 2 is 2.12 bits per heavy atom. The summed E-state index contributed by atoms with van der Waals surface area (Å²) in [6.45, 7) is 10.4. The highest BCUT2D eigenvalue weighted by Gasteiger charge is 2.23. The first-order chi connectivity index (χ1) is 7.92. The van der Waals surface area contributed by atoms with Crippen molar-refractivity contribution in [3.63, 3.8) is 0 Å². The average molecular weight is 238 g/mol. The van der Waals surface area contributed by atoms with Crippen molar-refractivity contribution in [2.75, 3.05) is 13.1 Å². The normalized spacial score (nSPS) is 13.9. The minimum atomic E-state index is 0.0442. The minimum Gasteiger partial charge on any atom is -0.466 e. The van der Waals surface area contributed by atoms with Crippen molar-refractivity contribution in [3.05, 3.63) is 23.7 Å². The number of hydrogen-bond acceptors (Lipinski definition) is 3. The molecule has 0 bridgehead atoms. The van der Waals surface area contributed by atoms with Crippen molar-refractivity contribution in [1.29, 1.82) is 0 Å². The smallest absolute Gasteiger partial charge is 0.111 e. The van der Waals surface area contributed by atoms with Gasteiger partial charge >= 0.3 is 0 Å². The number of nitrogens with two attached hydrogens (primary N) is 1. The van der Waals surface area contributed by atoms with E-state index in [0.29, 0.717) is 6.04 Å². The van der Waals surface area contributed by atoms with Crippen molar-refractivity contribution in [2.24, 2.45) is 5.73 Å². The minimum absolute atomic E-state index is 0.0442. The Balaban J connectivity index is 2.30. The van der Waals surface area contributed by atoms with Gasteiger partial charge in [0, 0.05) is 18.0 Å². The molecule has 1 aromatic rings. The van der Waals surface area contributed by atoms with Crippen molar-refractivity contribution in [1.82, 2.24) is 5.32 Å². The molecule has 3 N–H and O–H groups in total. The molecule has 0 spiro atoms. The van der Waals surface area contributed by atoms with E-state index in [1.54, 1.807) is 0 Å². The predicted molar refractivity (Wildman–Crippen MR) is 72.2 cm³/mol. The Labute approximate surface area is 105 Å². The Morgan fingerprint density at radius 3 is 2.65 bits per heavy atom. The molecule has 1 rings (SSSR count). The van der Waals surface area contributed by atoms with Crippen LogP contribution in [0.3, 0.4) is 0 Å². The van der Waals surface area contributed by atoms with Gasteiger partial charge in [0.15, 0.2) is 0 Å². The van der Waals surface area contributed by atoms with Gasteiger partial charge in [-0.25, -0.2) is 0 Å². The van der Waals surface area contributed by atoms with E-state index in [9.17, 15) is 0 Å². The predicted octanol–water partition coefficient (Wildman–Crippen LogP) is 2.58. The van der Waals surface area contributed by atoms with E-state index < -0.39 is 0 Å². The van der Waals surface area contributed by atoms with E-state index in [1.165, 1.54) is 0 Å². The van der Waals surface area contributed by atoms with Gasteiger partial charge in [0.25, 0.3) is 0 Å². The molecule has 98 valence electrons. The molecule has 1 aromatic heterocycles. The van der Waals surface area contributed by atoms with Gasteiger partial charge in [-0.2, -0.15) is 0 Å². The number of hydrogen-bond donors (Lipinski definition) is 2. The molecule has 3 heteroatoms. The molecule has 0 aliphatic carbocycles. The molecule has 0 aliphatic heterocycles. The second-order valence-corrected chi connectivity index (χ2v) is 5.59. The number of nitrogens with one attached hydrogen (secondary N) is 1. The van der Waals surface area contributed by atoms with E-state index in [-0.39, 0.29) is 5.41 Å². The third kappa shape index (κ3) is 4.92. The molecule has 17 heavy (non-hydrogen) atoms. The molecule has 1 unspecified atom stereocenters. The van der Waals surface area contributed by atoms with Crippen molar-refractivity contribution < 1.29 is 4.42 Å². The Kier molecular flexibility index (Phi) is 5.22. The van der Waals surface area contributed by atoms with Gasteiger partial charge in [-0.3, -0.25) is 0 Å². The maximum Gasteiger partial charge on any atom is 0.111 e. The quantitative estimate of drug-likeness (QED) is 0.718. The van der Waals surface area contributed by atoms with Crippen LogP contribution in [-0.4, -0.2) is 19.1 Å². The number of aryl methyl sites for hydroxylation is 1. The van der Waals surface area contributed by atoms with Gasteiger partial charge in [-0.05, 0) is 45.4 Å². The summed E-state index contributed by atoms with van der Waals surface area (Å²) in [6, 6.07) is 4.39. The molecule has 1 atom stereocenters. The van der Waals surface area contributed by atoms with E-state index in [0.717, 1.165) is 37.5 Å². The fourth-order valence-corrected chi connectivity index (χ4v) is 1.84. The first-order valence-corrected chi connectivity index (χ1v) is 6.45. The fraction of sp³-hybridized carbons (Fsp3) is 0.714. The van der Waals surface area contributed by atoms with Gasteiger partial charge in [-0.1, -0.05) is 13.8 Å². The highest BCUT2D eigenvalue weighted by atomic mass is 16.3. The van der Waals surface area contributed by atoms with Crippen LogP contribution in [0.5, 0.6) is 0 Å². The van der Waals surface area contributed by atoms with Crippen LogP contribution in [0.2, 0.25) is 0 Å². The molecule has 0 saturated heterocycles. The van der Waals surface area contributed by atoms with E-state index >= 15 is 0 Å². The summed E-state index contributed by atoms with van der Waals surface area (Å²) in [6.07, 6.45) is 2.21. The summed E-state index contributed by atoms with van der Waals surface area (Å²) in [5.41, 5.74) is 5.76. The second-order valence-electron chi connectivity index (χ2n) is 5.59. The lowest BCUT2D eigenvalue weighted by molar-refractivity contribution is 0.356. The van der Waals surface area contributed by atoms with Crippen LogP contribution in [0.1, 0.15) is 45.1 Å². The first-order valence-electron chi connectivity index (χ1n) is 6.45. The summed E-state index contributed by atoms with van der Waals surface area (Å²) in [7, 11) is 0. The van der Waals surface area contributed by atoms with Crippen LogP contribution < -0.4 is 11.1 Å². The third-order valence-corrected chi connectivity index (χ3v) is 2.99. The summed E-state index contributed by atoms with van der Waals surface area (Å²) in [5.74, 6) is 2.03. The highest BCUT2D eigenvalue weighted by molar-refractivity contribution is 5.15. The summed E-state index contributed by atoms with van der Waals surface area (Å²) in [5, 5.41) is 3.47. The zero-order valence-electron chi connectivity index (χ0n) is 11.5. The average Bonchev–Trinajstić information content (AvgIpc) is 2.64. The van der Waals surface area contributed by atoms with Gasteiger partial charge < -0.3 is 15.5 Å². The molecule has 0 amide bonds. The summed E-state index contributed by atoms with van der Waals surface area (Å²) in [4.78, 5) is 0. The molecule has 0 fully saturated rings. The monoisotopic (exact) mass is 238 g/mol. The molecule has 0 aliphatic rings. The van der Waals surface area contributed by atoms with Gasteiger partial charge in [-0.15, -0.1) is 0 Å². The largest absolute Gasteiger partial charge is 0.466 e. The SMILES string of the molecule is Cc1ccc(C(C)(C)CNCCCC(C)N)o1. The van der Waals surface area contributed by atoms with Crippen LogP contribution >= 0.6 is 0 Å². The van der Waals surface area contributed by atoms with E-state index in [2.05, 4.69) is 32.2 Å². The molecule has 3 nitrogen and oxygen atoms in total. The topological polar surface area (TPSA) is 51.2 Å². The van der Waals surface area contributed by atoms with Crippen LogP contribution in [-0.2, 0) is 5.41 Å². The van der Waals surface area contributed by atoms with E-state index in [1.807, 2.05) is 13.0 Å². The molecular formula is C14H26N2O. The lowest BCUT2D eigenvalue weighted by Crippen LogP contribution is -2.33. The number of rotatable bonds is 7. The molecule has 1 heterocycles. The highest BCUT2D eigenvalue weighted by Crippen LogP contribution is 2.24. The molecular weight excluding hydrogens is 212 g/mol. The Bertz CT molecular complexity index is 329. The fourth-order valence-electron chi connectivity index (χ4n) is 1.84. The van der Waals surface area contributed by atoms with E-state index in [4.69, 9.17) is 10.2 Å².